The van der Waals surface area contributed by atoms with Gasteiger partial charge in [0.25, 0.3) is 5.91 Å². The minimum absolute atomic E-state index is 0.0305. The van der Waals surface area contributed by atoms with Crippen LogP contribution in [0.5, 0.6) is 0 Å². The molecule has 1 rings (SSSR count). The van der Waals surface area contributed by atoms with Gasteiger partial charge in [0, 0.05) is 4.47 Å². The average Bonchev–Trinajstić information content (AvgIpc) is 2.11. The van der Waals surface area contributed by atoms with Crippen LogP contribution in [0.15, 0.2) is 22.7 Å². The highest BCUT2D eigenvalue weighted by Crippen LogP contribution is 2.19. The summed E-state index contributed by atoms with van der Waals surface area (Å²) in [7, 11) is 0. The van der Waals surface area contributed by atoms with Crippen LogP contribution in [0.3, 0.4) is 0 Å². The monoisotopic (exact) mass is 249 g/mol. The van der Waals surface area contributed by atoms with E-state index in [0.717, 1.165) is 0 Å². The molecule has 1 amide bonds. The Bertz CT molecular complexity index is 330. The minimum Gasteiger partial charge on any atom is -0.321 e. The fourth-order valence-electron chi connectivity index (χ4n) is 0.777. The predicted octanol–water partition coefficient (Wildman–Crippen LogP) is 2.50. The third-order valence-electron chi connectivity index (χ3n) is 1.32. The van der Waals surface area contributed by atoms with Crippen LogP contribution in [0.2, 0.25) is 0 Å². The summed E-state index contributed by atoms with van der Waals surface area (Å²) in [4.78, 5) is 10.6. The topological polar surface area (TPSA) is 29.1 Å². The largest absolute Gasteiger partial charge is 0.321 e. The first kappa shape index (κ1) is 10.1. The van der Waals surface area contributed by atoms with Crippen molar-refractivity contribution in [2.45, 2.75) is 0 Å². The Morgan fingerprint density at radius 3 is 2.85 bits per heavy atom. The number of benzene rings is 1. The maximum absolute atomic E-state index is 12.9. The maximum Gasteiger partial charge on any atom is 0.255 e. The van der Waals surface area contributed by atoms with E-state index in [0.29, 0.717) is 4.47 Å². The number of carbonyl (C=O) groups excluding carboxylic acids is 1. The molecule has 1 aromatic rings. The van der Waals surface area contributed by atoms with Crippen LogP contribution in [0, 0.1) is 5.82 Å². The summed E-state index contributed by atoms with van der Waals surface area (Å²) in [6, 6.07) is 4.03. The van der Waals surface area contributed by atoms with Crippen molar-refractivity contribution < 1.29 is 13.6 Å². The zero-order chi connectivity index (χ0) is 9.84. The SMILES string of the molecule is O=C(CF)Nc1cc(Br)ccc1F. The van der Waals surface area contributed by atoms with Gasteiger partial charge in [-0.15, -0.1) is 0 Å². The Kier molecular flexibility index (Phi) is 3.36. The van der Waals surface area contributed by atoms with Gasteiger partial charge in [-0.25, -0.2) is 8.78 Å². The van der Waals surface area contributed by atoms with Gasteiger partial charge in [0.15, 0.2) is 6.67 Å². The van der Waals surface area contributed by atoms with Crippen molar-refractivity contribution >= 4 is 27.5 Å². The van der Waals surface area contributed by atoms with Crippen LogP contribution in [0.25, 0.3) is 0 Å². The number of rotatable bonds is 2. The van der Waals surface area contributed by atoms with Crippen molar-refractivity contribution in [1.82, 2.24) is 0 Å². The lowest BCUT2D eigenvalue weighted by atomic mass is 10.3. The summed E-state index contributed by atoms with van der Waals surface area (Å²) in [6.07, 6.45) is 0. The van der Waals surface area contributed by atoms with E-state index in [-0.39, 0.29) is 5.69 Å². The van der Waals surface area contributed by atoms with Crippen LogP contribution in [0.4, 0.5) is 14.5 Å². The molecule has 5 heteroatoms. The second-order valence-corrected chi connectivity index (χ2v) is 3.22. The van der Waals surface area contributed by atoms with Crippen LogP contribution >= 0.6 is 15.9 Å². The van der Waals surface area contributed by atoms with Gasteiger partial charge < -0.3 is 5.32 Å². The number of carbonyl (C=O) groups is 1. The highest BCUT2D eigenvalue weighted by atomic mass is 79.9. The molecule has 0 radical (unpaired) electrons. The number of nitrogens with one attached hydrogen (secondary N) is 1. The Labute approximate surface area is 82.1 Å². The average molecular weight is 250 g/mol. The molecule has 0 unspecified atom stereocenters. The molecule has 0 aliphatic carbocycles. The molecule has 0 bridgehead atoms. The van der Waals surface area contributed by atoms with E-state index in [1.165, 1.54) is 18.2 Å². The van der Waals surface area contributed by atoms with Crippen LogP contribution in [-0.4, -0.2) is 12.6 Å². The molecule has 0 atom stereocenters. The van der Waals surface area contributed by atoms with E-state index in [9.17, 15) is 13.6 Å². The van der Waals surface area contributed by atoms with Gasteiger partial charge in [0.2, 0.25) is 0 Å². The highest BCUT2D eigenvalue weighted by molar-refractivity contribution is 9.10. The van der Waals surface area contributed by atoms with Crippen molar-refractivity contribution in [2.75, 3.05) is 12.0 Å². The lowest BCUT2D eigenvalue weighted by Gasteiger charge is -2.03. The van der Waals surface area contributed by atoms with Crippen molar-refractivity contribution in [1.29, 1.82) is 0 Å². The summed E-state index contributed by atoms with van der Waals surface area (Å²) < 4.78 is 25.3. The highest BCUT2D eigenvalue weighted by Gasteiger charge is 2.06. The Balaban J connectivity index is 2.87. The van der Waals surface area contributed by atoms with Gasteiger partial charge in [-0.3, -0.25) is 4.79 Å². The molecule has 13 heavy (non-hydrogen) atoms. The third kappa shape index (κ3) is 2.77. The number of hydrogen-bond donors (Lipinski definition) is 1. The van der Waals surface area contributed by atoms with Crippen LogP contribution in [-0.2, 0) is 4.79 Å². The van der Waals surface area contributed by atoms with Crippen molar-refractivity contribution in [3.63, 3.8) is 0 Å². The fraction of sp³-hybridized carbons (Fsp3) is 0.125. The van der Waals surface area contributed by atoms with E-state index in [1.807, 2.05) is 0 Å². The van der Waals surface area contributed by atoms with E-state index < -0.39 is 18.4 Å². The molecular formula is C8H6BrF2NO. The molecule has 1 N–H and O–H groups in total. The van der Waals surface area contributed by atoms with Crippen molar-refractivity contribution in [3.8, 4) is 0 Å². The van der Waals surface area contributed by atoms with E-state index >= 15 is 0 Å². The first-order valence-corrected chi connectivity index (χ1v) is 4.23. The minimum atomic E-state index is -1.16. The van der Waals surface area contributed by atoms with Gasteiger partial charge in [0.05, 0.1) is 5.69 Å². The summed E-state index contributed by atoms with van der Waals surface area (Å²) in [5, 5.41) is 2.08. The second kappa shape index (κ2) is 4.32. The molecule has 2 nitrogen and oxygen atoms in total. The molecule has 0 spiro atoms. The Hall–Kier alpha value is -0.970. The van der Waals surface area contributed by atoms with Crippen LogP contribution in [0.1, 0.15) is 0 Å². The number of anilines is 1. The van der Waals surface area contributed by atoms with E-state index in [4.69, 9.17) is 0 Å². The predicted molar refractivity (Wildman–Crippen MR) is 48.7 cm³/mol. The van der Waals surface area contributed by atoms with Gasteiger partial charge in [-0.05, 0) is 18.2 Å². The third-order valence-corrected chi connectivity index (χ3v) is 1.82. The van der Waals surface area contributed by atoms with Gasteiger partial charge in [0.1, 0.15) is 5.82 Å². The summed E-state index contributed by atoms with van der Waals surface area (Å²) in [6.45, 7) is -1.16. The van der Waals surface area contributed by atoms with Crippen molar-refractivity contribution in [2.24, 2.45) is 0 Å². The van der Waals surface area contributed by atoms with Crippen molar-refractivity contribution in [3.05, 3.63) is 28.5 Å². The standard InChI is InChI=1S/C8H6BrF2NO/c9-5-1-2-6(11)7(3-5)12-8(13)4-10/h1-3H,4H2,(H,12,13). The molecule has 0 aromatic heterocycles. The van der Waals surface area contributed by atoms with Gasteiger partial charge in [-0.1, -0.05) is 15.9 Å². The van der Waals surface area contributed by atoms with Gasteiger partial charge >= 0.3 is 0 Å². The maximum atomic E-state index is 12.9. The molecule has 0 aliphatic heterocycles. The van der Waals surface area contributed by atoms with Crippen LogP contribution < -0.4 is 5.32 Å². The quantitative estimate of drug-likeness (QED) is 0.858. The fourth-order valence-corrected chi connectivity index (χ4v) is 1.14. The lowest BCUT2D eigenvalue weighted by molar-refractivity contribution is -0.117. The summed E-state index contributed by atoms with van der Waals surface area (Å²) in [5.41, 5.74) is -0.0305. The molecular weight excluding hydrogens is 244 g/mol. The first-order valence-electron chi connectivity index (χ1n) is 3.44. The molecule has 0 saturated heterocycles. The Morgan fingerprint density at radius 1 is 1.54 bits per heavy atom. The Morgan fingerprint density at radius 2 is 2.23 bits per heavy atom. The smallest absolute Gasteiger partial charge is 0.255 e. The number of halogens is 3. The summed E-state index contributed by atoms with van der Waals surface area (Å²) >= 11 is 3.10. The molecule has 0 aliphatic rings. The normalized spacial score (nSPS) is 9.77. The zero-order valence-corrected chi connectivity index (χ0v) is 8.07. The molecule has 70 valence electrons. The zero-order valence-electron chi connectivity index (χ0n) is 6.48. The van der Waals surface area contributed by atoms with Gasteiger partial charge in [-0.2, -0.15) is 0 Å². The second-order valence-electron chi connectivity index (χ2n) is 2.31. The lowest BCUT2D eigenvalue weighted by Crippen LogP contribution is -2.14. The molecule has 0 heterocycles. The first-order chi connectivity index (χ1) is 6.13. The van der Waals surface area contributed by atoms with E-state index in [2.05, 4.69) is 21.2 Å². The molecule has 1 aromatic carbocycles. The van der Waals surface area contributed by atoms with E-state index in [1.54, 1.807) is 0 Å². The summed E-state index contributed by atoms with van der Waals surface area (Å²) in [5.74, 6) is -1.46. The molecule has 0 saturated carbocycles. The number of amides is 1. The molecule has 0 fully saturated rings. The number of alkyl halides is 1. The number of hydrogen-bond acceptors (Lipinski definition) is 1.